The van der Waals surface area contributed by atoms with Gasteiger partial charge in [0.2, 0.25) is 0 Å². The molecule has 1 aliphatic carbocycles. The highest BCUT2D eigenvalue weighted by Crippen LogP contribution is 2.38. The van der Waals surface area contributed by atoms with Crippen molar-refractivity contribution in [1.82, 2.24) is 4.98 Å². The Balaban J connectivity index is 2.24. The van der Waals surface area contributed by atoms with Crippen molar-refractivity contribution in [2.75, 3.05) is 0 Å². The number of aromatic amines is 1. The predicted molar refractivity (Wildman–Crippen MR) is 92.5 cm³/mol. The topological polar surface area (TPSA) is 111 Å². The Kier molecular flexibility index (Phi) is 4.24. The number of benzene rings is 1. The SMILES string of the molecule is Cc1[nH]c2c(C(N)=O)cc(F)c(C3=C[C@@H](OC(N)=O)CCC3)c2c1C. The van der Waals surface area contributed by atoms with Crippen LogP contribution in [0.4, 0.5) is 9.18 Å². The lowest BCUT2D eigenvalue weighted by Gasteiger charge is -2.22. The van der Waals surface area contributed by atoms with Gasteiger partial charge in [-0.2, -0.15) is 0 Å². The van der Waals surface area contributed by atoms with Crippen molar-refractivity contribution in [2.45, 2.75) is 39.2 Å². The number of hydrogen-bond acceptors (Lipinski definition) is 3. The molecule has 1 aromatic heterocycles. The van der Waals surface area contributed by atoms with E-state index in [4.69, 9.17) is 16.2 Å². The number of nitrogens with two attached hydrogens (primary N) is 2. The first-order valence-electron chi connectivity index (χ1n) is 8.08. The van der Waals surface area contributed by atoms with E-state index in [0.29, 0.717) is 29.3 Å². The van der Waals surface area contributed by atoms with Crippen LogP contribution in [0.15, 0.2) is 12.1 Å². The number of halogens is 1. The van der Waals surface area contributed by atoms with Crippen molar-refractivity contribution >= 4 is 28.5 Å². The third-order valence-electron chi connectivity index (χ3n) is 4.71. The summed E-state index contributed by atoms with van der Waals surface area (Å²) in [6.07, 6.45) is 2.42. The summed E-state index contributed by atoms with van der Waals surface area (Å²) in [6, 6.07) is 1.16. The molecule has 0 spiro atoms. The van der Waals surface area contributed by atoms with Gasteiger partial charge in [0, 0.05) is 16.6 Å². The highest BCUT2D eigenvalue weighted by Gasteiger charge is 2.25. The maximum atomic E-state index is 14.9. The van der Waals surface area contributed by atoms with Gasteiger partial charge in [0.25, 0.3) is 5.91 Å². The average Bonchev–Trinajstić information content (AvgIpc) is 2.82. The molecule has 25 heavy (non-hydrogen) atoms. The van der Waals surface area contributed by atoms with E-state index in [1.807, 2.05) is 13.8 Å². The van der Waals surface area contributed by atoms with Gasteiger partial charge in [0.05, 0.1) is 11.1 Å². The van der Waals surface area contributed by atoms with Crippen LogP contribution in [0.3, 0.4) is 0 Å². The number of H-pyrrole nitrogens is 1. The Morgan fingerprint density at radius 1 is 1.32 bits per heavy atom. The molecule has 1 aromatic carbocycles. The fourth-order valence-corrected chi connectivity index (χ4v) is 3.47. The highest BCUT2D eigenvalue weighted by molar-refractivity contribution is 6.09. The Labute approximate surface area is 144 Å². The Hall–Kier alpha value is -2.83. The molecule has 7 heteroatoms. The summed E-state index contributed by atoms with van der Waals surface area (Å²) >= 11 is 0. The van der Waals surface area contributed by atoms with Crippen LogP contribution in [0, 0.1) is 19.7 Å². The number of ether oxygens (including phenoxy) is 1. The zero-order valence-corrected chi connectivity index (χ0v) is 14.1. The van der Waals surface area contributed by atoms with Gasteiger partial charge in [-0.25, -0.2) is 9.18 Å². The molecular formula is C18H20FN3O3. The van der Waals surface area contributed by atoms with E-state index in [2.05, 4.69) is 4.98 Å². The molecule has 0 saturated carbocycles. The standard InChI is InChI=1S/C18H20FN3O3/c1-8-9(2)22-16-12(17(20)23)7-13(19)15(14(8)16)10-4-3-5-11(6-10)25-18(21)24/h6-7,11,22H,3-5H2,1-2H3,(H2,20,23)(H2,21,24)/t11-/m0/s1. The third kappa shape index (κ3) is 2.97. The molecule has 2 amide bonds. The molecule has 0 bridgehead atoms. The van der Waals surface area contributed by atoms with E-state index in [1.165, 1.54) is 0 Å². The van der Waals surface area contributed by atoms with Crippen LogP contribution >= 0.6 is 0 Å². The lowest BCUT2D eigenvalue weighted by molar-refractivity contribution is 0.100. The molecule has 0 unspecified atom stereocenters. The number of nitrogens with one attached hydrogen (secondary N) is 1. The molecular weight excluding hydrogens is 325 g/mol. The minimum Gasteiger partial charge on any atom is -0.442 e. The van der Waals surface area contributed by atoms with Crippen molar-refractivity contribution < 1.29 is 18.7 Å². The van der Waals surface area contributed by atoms with Gasteiger partial charge in [0.15, 0.2) is 0 Å². The molecule has 0 saturated heterocycles. The first-order chi connectivity index (χ1) is 11.8. The van der Waals surface area contributed by atoms with Gasteiger partial charge >= 0.3 is 6.09 Å². The maximum absolute atomic E-state index is 14.9. The average molecular weight is 345 g/mol. The number of hydrogen-bond donors (Lipinski definition) is 3. The number of fused-ring (bicyclic) bond motifs is 1. The van der Waals surface area contributed by atoms with Crippen LogP contribution in [-0.2, 0) is 4.74 Å². The summed E-state index contributed by atoms with van der Waals surface area (Å²) in [5.41, 5.74) is 14.0. The molecule has 1 aliphatic rings. The smallest absolute Gasteiger partial charge is 0.405 e. The number of carbonyl (C=O) groups excluding carboxylic acids is 2. The molecule has 0 fully saturated rings. The largest absolute Gasteiger partial charge is 0.442 e. The van der Waals surface area contributed by atoms with Crippen LogP contribution < -0.4 is 11.5 Å². The van der Waals surface area contributed by atoms with Crippen molar-refractivity contribution in [3.05, 3.63) is 40.3 Å². The monoisotopic (exact) mass is 345 g/mol. The fraction of sp³-hybridized carbons (Fsp3) is 0.333. The first-order valence-corrected chi connectivity index (χ1v) is 8.08. The normalized spacial score (nSPS) is 17.4. The van der Waals surface area contributed by atoms with Gasteiger partial charge in [-0.3, -0.25) is 4.79 Å². The van der Waals surface area contributed by atoms with E-state index in [-0.39, 0.29) is 5.56 Å². The quantitative estimate of drug-likeness (QED) is 0.795. The fourth-order valence-electron chi connectivity index (χ4n) is 3.47. The number of aryl methyl sites for hydroxylation is 2. The molecule has 1 atom stereocenters. The number of primary amides is 2. The molecule has 132 valence electrons. The summed E-state index contributed by atoms with van der Waals surface area (Å²) in [6.45, 7) is 3.72. The molecule has 2 aromatic rings. The zero-order valence-electron chi connectivity index (χ0n) is 14.1. The zero-order chi connectivity index (χ0) is 18.3. The van der Waals surface area contributed by atoms with Crippen molar-refractivity contribution in [1.29, 1.82) is 0 Å². The molecule has 3 rings (SSSR count). The number of carbonyl (C=O) groups is 2. The van der Waals surface area contributed by atoms with Gasteiger partial charge in [-0.15, -0.1) is 0 Å². The van der Waals surface area contributed by atoms with E-state index in [9.17, 15) is 14.0 Å². The molecule has 5 N–H and O–H groups in total. The maximum Gasteiger partial charge on any atom is 0.405 e. The summed E-state index contributed by atoms with van der Waals surface area (Å²) < 4.78 is 20.0. The number of amides is 2. The van der Waals surface area contributed by atoms with Gasteiger partial charge in [0.1, 0.15) is 11.9 Å². The van der Waals surface area contributed by atoms with Crippen LogP contribution in [0.1, 0.15) is 46.4 Å². The Morgan fingerprint density at radius 3 is 2.68 bits per heavy atom. The second kappa shape index (κ2) is 6.23. The summed E-state index contributed by atoms with van der Waals surface area (Å²) in [4.78, 5) is 25.8. The molecule has 6 nitrogen and oxygen atoms in total. The Bertz CT molecular complexity index is 914. The van der Waals surface area contributed by atoms with Crippen LogP contribution in [0.5, 0.6) is 0 Å². The minimum atomic E-state index is -0.856. The summed E-state index contributed by atoms with van der Waals surface area (Å²) in [5.74, 6) is -1.21. The number of allylic oxidation sites excluding steroid dienone is 1. The molecule has 0 aliphatic heterocycles. The van der Waals surface area contributed by atoms with Crippen LogP contribution in [-0.4, -0.2) is 23.1 Å². The second-order valence-electron chi connectivity index (χ2n) is 6.33. The lowest BCUT2D eigenvalue weighted by Crippen LogP contribution is -2.23. The van der Waals surface area contributed by atoms with Crippen LogP contribution in [0.25, 0.3) is 16.5 Å². The van der Waals surface area contributed by atoms with Crippen molar-refractivity contribution in [3.63, 3.8) is 0 Å². The van der Waals surface area contributed by atoms with Crippen molar-refractivity contribution in [3.8, 4) is 0 Å². The van der Waals surface area contributed by atoms with E-state index >= 15 is 0 Å². The summed E-state index contributed by atoms with van der Waals surface area (Å²) in [5, 5.41) is 0.636. The van der Waals surface area contributed by atoms with E-state index < -0.39 is 23.9 Å². The molecule has 0 radical (unpaired) electrons. The highest BCUT2D eigenvalue weighted by atomic mass is 19.1. The summed E-state index contributed by atoms with van der Waals surface area (Å²) in [7, 11) is 0. The number of aromatic nitrogens is 1. The third-order valence-corrected chi connectivity index (χ3v) is 4.71. The minimum absolute atomic E-state index is 0.119. The molecule has 1 heterocycles. The van der Waals surface area contributed by atoms with E-state index in [0.717, 1.165) is 29.3 Å². The predicted octanol–water partition coefficient (Wildman–Crippen LogP) is 3.05. The number of rotatable bonds is 3. The van der Waals surface area contributed by atoms with Gasteiger partial charge in [-0.05, 0) is 56.4 Å². The lowest BCUT2D eigenvalue weighted by atomic mass is 9.88. The Morgan fingerprint density at radius 2 is 2.04 bits per heavy atom. The van der Waals surface area contributed by atoms with E-state index in [1.54, 1.807) is 6.08 Å². The van der Waals surface area contributed by atoms with Crippen LogP contribution in [0.2, 0.25) is 0 Å². The second-order valence-corrected chi connectivity index (χ2v) is 6.33. The van der Waals surface area contributed by atoms with Gasteiger partial charge in [-0.1, -0.05) is 0 Å². The van der Waals surface area contributed by atoms with Crippen molar-refractivity contribution in [2.24, 2.45) is 11.5 Å². The van der Waals surface area contributed by atoms with Gasteiger partial charge < -0.3 is 21.2 Å². The first kappa shape index (κ1) is 17.0.